The van der Waals surface area contributed by atoms with Crippen LogP contribution in [0.4, 0.5) is 0 Å². The van der Waals surface area contributed by atoms with Gasteiger partial charge in [-0.3, -0.25) is 4.98 Å². The van der Waals surface area contributed by atoms with Gasteiger partial charge in [0.2, 0.25) is 0 Å². The van der Waals surface area contributed by atoms with Gasteiger partial charge in [0.15, 0.2) is 0 Å². The Morgan fingerprint density at radius 1 is 1.62 bits per heavy atom. The molecule has 0 aliphatic carbocycles. The Bertz CT molecular complexity index is 116. The number of thiazole rings is 1. The SMILES string of the molecule is CO.Cc1cncs1. The van der Waals surface area contributed by atoms with Crippen LogP contribution < -0.4 is 0 Å². The molecule has 0 aromatic carbocycles. The zero-order chi connectivity index (χ0) is 6.41. The second-order valence-corrected chi connectivity index (χ2v) is 2.20. The first kappa shape index (κ1) is 7.59. The first-order chi connectivity index (χ1) is 3.89. The number of aliphatic hydroxyl groups is 1. The molecule has 0 atom stereocenters. The van der Waals surface area contributed by atoms with E-state index in [1.807, 2.05) is 18.6 Å². The molecular weight excluding hydrogens is 122 g/mol. The van der Waals surface area contributed by atoms with Crippen molar-refractivity contribution in [1.29, 1.82) is 0 Å². The molecule has 1 N–H and O–H groups in total. The summed E-state index contributed by atoms with van der Waals surface area (Å²) in [6.07, 6.45) is 1.85. The molecule has 8 heavy (non-hydrogen) atoms. The summed E-state index contributed by atoms with van der Waals surface area (Å²) in [5.41, 5.74) is 1.83. The fourth-order valence-electron chi connectivity index (χ4n) is 0.279. The van der Waals surface area contributed by atoms with Crippen LogP contribution in [0.15, 0.2) is 11.7 Å². The summed E-state index contributed by atoms with van der Waals surface area (Å²) in [7, 11) is 1.00. The van der Waals surface area contributed by atoms with E-state index in [9.17, 15) is 0 Å². The first-order valence-electron chi connectivity index (χ1n) is 2.19. The van der Waals surface area contributed by atoms with Gasteiger partial charge in [0, 0.05) is 18.2 Å². The Balaban J connectivity index is 0.000000222. The van der Waals surface area contributed by atoms with Crippen LogP contribution >= 0.6 is 11.3 Å². The van der Waals surface area contributed by atoms with Crippen LogP contribution in [-0.2, 0) is 0 Å². The average Bonchev–Trinajstić information content (AvgIpc) is 2.24. The monoisotopic (exact) mass is 131 g/mol. The van der Waals surface area contributed by atoms with Gasteiger partial charge in [-0.2, -0.15) is 0 Å². The van der Waals surface area contributed by atoms with Gasteiger partial charge in [-0.05, 0) is 6.92 Å². The normalized spacial score (nSPS) is 7.38. The Hall–Kier alpha value is -0.410. The summed E-state index contributed by atoms with van der Waals surface area (Å²) in [4.78, 5) is 5.11. The van der Waals surface area contributed by atoms with E-state index in [2.05, 4.69) is 4.98 Å². The number of nitrogens with zero attached hydrogens (tertiary/aromatic N) is 1. The van der Waals surface area contributed by atoms with Crippen molar-refractivity contribution in [2.24, 2.45) is 0 Å². The average molecular weight is 131 g/mol. The highest BCUT2D eigenvalue weighted by Gasteiger charge is 1.76. The Morgan fingerprint density at radius 3 is 2.38 bits per heavy atom. The summed E-state index contributed by atoms with van der Waals surface area (Å²) in [5, 5.41) is 7.00. The Labute approximate surface area is 52.8 Å². The highest BCUT2D eigenvalue weighted by molar-refractivity contribution is 7.09. The second-order valence-electron chi connectivity index (χ2n) is 1.11. The van der Waals surface area contributed by atoms with E-state index in [4.69, 9.17) is 5.11 Å². The Morgan fingerprint density at radius 2 is 2.25 bits per heavy atom. The molecule has 0 saturated carbocycles. The van der Waals surface area contributed by atoms with Gasteiger partial charge in [0.1, 0.15) is 0 Å². The number of aryl methyl sites for hydroxylation is 1. The molecule has 0 saturated heterocycles. The van der Waals surface area contributed by atoms with Crippen molar-refractivity contribution in [2.75, 3.05) is 7.11 Å². The number of hydrogen-bond donors (Lipinski definition) is 1. The minimum atomic E-state index is 1.00. The van der Waals surface area contributed by atoms with Crippen molar-refractivity contribution >= 4 is 11.3 Å². The maximum Gasteiger partial charge on any atom is 0.0794 e. The van der Waals surface area contributed by atoms with Gasteiger partial charge in [-0.25, -0.2) is 0 Å². The lowest BCUT2D eigenvalue weighted by atomic mass is 10.7. The molecule has 0 radical (unpaired) electrons. The van der Waals surface area contributed by atoms with Gasteiger partial charge in [-0.1, -0.05) is 0 Å². The molecule has 0 fully saturated rings. The lowest BCUT2D eigenvalue weighted by Gasteiger charge is -1.63. The molecular formula is C5H9NOS. The second kappa shape index (κ2) is 4.74. The molecule has 1 aromatic heterocycles. The summed E-state index contributed by atoms with van der Waals surface area (Å²) >= 11 is 1.67. The molecule has 1 heterocycles. The van der Waals surface area contributed by atoms with Crippen molar-refractivity contribution in [1.82, 2.24) is 4.98 Å². The topological polar surface area (TPSA) is 33.1 Å². The summed E-state index contributed by atoms with van der Waals surface area (Å²) in [6.45, 7) is 2.04. The third-order valence-electron chi connectivity index (χ3n) is 0.556. The predicted octanol–water partition coefficient (Wildman–Crippen LogP) is 1.06. The van der Waals surface area contributed by atoms with Crippen molar-refractivity contribution in [3.05, 3.63) is 16.6 Å². The van der Waals surface area contributed by atoms with Gasteiger partial charge in [0.25, 0.3) is 0 Å². The molecule has 3 heteroatoms. The van der Waals surface area contributed by atoms with Crippen molar-refractivity contribution in [3.63, 3.8) is 0 Å². The van der Waals surface area contributed by atoms with E-state index < -0.39 is 0 Å². The van der Waals surface area contributed by atoms with Crippen LogP contribution in [0.5, 0.6) is 0 Å². The van der Waals surface area contributed by atoms with Crippen LogP contribution in [0.3, 0.4) is 0 Å². The fourth-order valence-corrected chi connectivity index (χ4v) is 0.689. The minimum absolute atomic E-state index is 1.00. The van der Waals surface area contributed by atoms with Crippen LogP contribution in [0.25, 0.3) is 0 Å². The minimum Gasteiger partial charge on any atom is -0.400 e. The van der Waals surface area contributed by atoms with E-state index in [1.54, 1.807) is 11.3 Å². The van der Waals surface area contributed by atoms with E-state index in [1.165, 1.54) is 4.88 Å². The zero-order valence-electron chi connectivity index (χ0n) is 4.96. The van der Waals surface area contributed by atoms with E-state index in [-0.39, 0.29) is 0 Å². The van der Waals surface area contributed by atoms with Crippen molar-refractivity contribution in [2.45, 2.75) is 6.92 Å². The molecule has 0 spiro atoms. The lowest BCUT2D eigenvalue weighted by molar-refractivity contribution is 0.399. The zero-order valence-corrected chi connectivity index (χ0v) is 5.77. The number of hydrogen-bond acceptors (Lipinski definition) is 3. The van der Waals surface area contributed by atoms with Crippen LogP contribution in [0, 0.1) is 6.92 Å². The molecule has 0 unspecified atom stereocenters. The quantitative estimate of drug-likeness (QED) is 0.571. The van der Waals surface area contributed by atoms with Crippen LogP contribution in [0.2, 0.25) is 0 Å². The third-order valence-corrected chi connectivity index (χ3v) is 1.26. The molecule has 0 aliphatic heterocycles. The summed E-state index contributed by atoms with van der Waals surface area (Å²) in [6, 6.07) is 0. The number of rotatable bonds is 0. The smallest absolute Gasteiger partial charge is 0.0794 e. The molecule has 46 valence electrons. The van der Waals surface area contributed by atoms with Crippen LogP contribution in [-0.4, -0.2) is 17.2 Å². The van der Waals surface area contributed by atoms with Gasteiger partial charge < -0.3 is 5.11 Å². The highest BCUT2D eigenvalue weighted by Crippen LogP contribution is 1.99. The molecule has 0 amide bonds. The highest BCUT2D eigenvalue weighted by atomic mass is 32.1. The molecule has 1 aromatic rings. The Kier molecular flexibility index (Phi) is 4.50. The molecule has 0 bridgehead atoms. The van der Waals surface area contributed by atoms with Crippen molar-refractivity contribution in [3.8, 4) is 0 Å². The first-order valence-corrected chi connectivity index (χ1v) is 3.07. The lowest BCUT2D eigenvalue weighted by Crippen LogP contribution is -1.48. The standard InChI is InChI=1S/C4H5NS.CH4O/c1-4-2-5-3-6-4;1-2/h2-3H,1H3;2H,1H3. The van der Waals surface area contributed by atoms with Gasteiger partial charge in [0.05, 0.1) is 5.51 Å². The van der Waals surface area contributed by atoms with Gasteiger partial charge >= 0.3 is 0 Å². The third kappa shape index (κ3) is 2.71. The summed E-state index contributed by atoms with van der Waals surface area (Å²) in [5.74, 6) is 0. The largest absolute Gasteiger partial charge is 0.400 e. The van der Waals surface area contributed by atoms with Gasteiger partial charge in [-0.15, -0.1) is 11.3 Å². The van der Waals surface area contributed by atoms with Crippen molar-refractivity contribution < 1.29 is 5.11 Å². The predicted molar refractivity (Wildman–Crippen MR) is 35.0 cm³/mol. The van der Waals surface area contributed by atoms with E-state index in [0.717, 1.165) is 7.11 Å². The molecule has 0 aliphatic rings. The summed E-state index contributed by atoms with van der Waals surface area (Å²) < 4.78 is 0. The maximum atomic E-state index is 7.00. The van der Waals surface area contributed by atoms with Crippen LogP contribution in [0.1, 0.15) is 4.88 Å². The number of aliphatic hydroxyl groups excluding tert-OH is 1. The maximum absolute atomic E-state index is 7.00. The molecule has 2 nitrogen and oxygen atoms in total. The fraction of sp³-hybridized carbons (Fsp3) is 0.400. The number of aromatic nitrogens is 1. The van der Waals surface area contributed by atoms with E-state index >= 15 is 0 Å². The van der Waals surface area contributed by atoms with E-state index in [0.29, 0.717) is 0 Å². The molecule has 1 rings (SSSR count).